The van der Waals surface area contributed by atoms with Crippen molar-refractivity contribution in [2.75, 3.05) is 7.11 Å². The molecule has 1 fully saturated rings. The van der Waals surface area contributed by atoms with E-state index in [1.54, 1.807) is 19.2 Å². The molecule has 1 spiro atoms. The Kier molecular flexibility index (Phi) is 4.34. The SMILES string of the molecule is COc1ccccc1C1CC(=O)Oc2ccc3c(c21)OC1(CCCCC1)CC3=O. The number of benzene rings is 2. The minimum atomic E-state index is -0.426. The molecule has 0 aromatic heterocycles. The first-order chi connectivity index (χ1) is 14.1. The van der Waals surface area contributed by atoms with Gasteiger partial charge in [-0.2, -0.15) is 0 Å². The fraction of sp³-hybridized carbons (Fsp3) is 0.417. The van der Waals surface area contributed by atoms with Gasteiger partial charge in [0, 0.05) is 17.0 Å². The van der Waals surface area contributed by atoms with Crippen molar-refractivity contribution in [1.82, 2.24) is 0 Å². The summed E-state index contributed by atoms with van der Waals surface area (Å²) in [4.78, 5) is 25.4. The van der Waals surface area contributed by atoms with Crippen molar-refractivity contribution in [2.45, 2.75) is 56.5 Å². The molecule has 5 rings (SSSR count). The van der Waals surface area contributed by atoms with Gasteiger partial charge in [0.15, 0.2) is 5.78 Å². The molecular formula is C24H24O5. The Morgan fingerprint density at radius 3 is 2.62 bits per heavy atom. The zero-order chi connectivity index (χ0) is 20.0. The normalized spacial score (nSPS) is 22.3. The summed E-state index contributed by atoms with van der Waals surface area (Å²) in [7, 11) is 1.62. The number of ether oxygens (including phenoxy) is 3. The van der Waals surface area contributed by atoms with E-state index in [9.17, 15) is 9.59 Å². The van der Waals surface area contributed by atoms with Crippen LogP contribution in [0.2, 0.25) is 0 Å². The number of carbonyl (C=O) groups excluding carboxylic acids is 2. The number of hydrogen-bond acceptors (Lipinski definition) is 5. The van der Waals surface area contributed by atoms with Crippen molar-refractivity contribution < 1.29 is 23.8 Å². The van der Waals surface area contributed by atoms with Crippen LogP contribution in [0.25, 0.3) is 0 Å². The molecule has 0 radical (unpaired) electrons. The van der Waals surface area contributed by atoms with Crippen LogP contribution in [0.15, 0.2) is 36.4 Å². The first-order valence-electron chi connectivity index (χ1n) is 10.3. The van der Waals surface area contributed by atoms with Gasteiger partial charge in [-0.3, -0.25) is 9.59 Å². The molecule has 29 heavy (non-hydrogen) atoms. The molecule has 2 heterocycles. The van der Waals surface area contributed by atoms with Crippen LogP contribution in [-0.2, 0) is 4.79 Å². The molecule has 3 aliphatic rings. The highest BCUT2D eigenvalue weighted by Gasteiger charge is 2.45. The third kappa shape index (κ3) is 3.00. The van der Waals surface area contributed by atoms with E-state index < -0.39 is 5.60 Å². The van der Waals surface area contributed by atoms with Crippen LogP contribution in [0.4, 0.5) is 0 Å². The molecule has 5 nitrogen and oxygen atoms in total. The molecule has 0 bridgehead atoms. The smallest absolute Gasteiger partial charge is 0.312 e. The van der Waals surface area contributed by atoms with E-state index in [2.05, 4.69) is 0 Å². The summed E-state index contributed by atoms with van der Waals surface area (Å²) < 4.78 is 17.8. The van der Waals surface area contributed by atoms with Gasteiger partial charge in [0.2, 0.25) is 0 Å². The lowest BCUT2D eigenvalue weighted by atomic mass is 9.76. The molecule has 1 unspecified atom stereocenters. The number of para-hydroxylation sites is 1. The Morgan fingerprint density at radius 2 is 1.83 bits per heavy atom. The van der Waals surface area contributed by atoms with Gasteiger partial charge in [-0.1, -0.05) is 24.6 Å². The van der Waals surface area contributed by atoms with Crippen LogP contribution in [0, 0.1) is 0 Å². The maximum absolute atomic E-state index is 13.1. The molecule has 1 aliphatic carbocycles. The monoisotopic (exact) mass is 392 g/mol. The molecule has 2 aromatic rings. The fourth-order valence-electron chi connectivity index (χ4n) is 5.10. The predicted octanol–water partition coefficient (Wildman–Crippen LogP) is 4.80. The zero-order valence-electron chi connectivity index (χ0n) is 16.5. The summed E-state index contributed by atoms with van der Waals surface area (Å²) in [6.45, 7) is 0. The number of ketones is 1. The molecule has 2 aliphatic heterocycles. The molecule has 2 aromatic carbocycles. The average molecular weight is 392 g/mol. The lowest BCUT2D eigenvalue weighted by molar-refractivity contribution is -0.135. The van der Waals surface area contributed by atoms with E-state index in [0.29, 0.717) is 29.2 Å². The van der Waals surface area contributed by atoms with Crippen LogP contribution < -0.4 is 14.2 Å². The summed E-state index contributed by atoms with van der Waals surface area (Å²) >= 11 is 0. The molecule has 150 valence electrons. The Labute approximate surface area is 170 Å². The first-order valence-corrected chi connectivity index (χ1v) is 10.3. The number of fused-ring (bicyclic) bond motifs is 3. The number of Topliss-reactive ketones (excluding diaryl/α,β-unsaturated/α-hetero) is 1. The number of esters is 1. The van der Waals surface area contributed by atoms with Crippen molar-refractivity contribution in [3.63, 3.8) is 0 Å². The van der Waals surface area contributed by atoms with E-state index in [4.69, 9.17) is 14.2 Å². The zero-order valence-corrected chi connectivity index (χ0v) is 16.5. The second-order valence-corrected chi connectivity index (χ2v) is 8.27. The van der Waals surface area contributed by atoms with E-state index in [0.717, 1.165) is 36.8 Å². The lowest BCUT2D eigenvalue weighted by Gasteiger charge is -2.42. The summed E-state index contributed by atoms with van der Waals surface area (Å²) in [5, 5.41) is 0. The van der Waals surface area contributed by atoms with Gasteiger partial charge < -0.3 is 14.2 Å². The molecule has 1 saturated carbocycles. The minimum absolute atomic E-state index is 0.117. The second-order valence-electron chi connectivity index (χ2n) is 8.27. The number of methoxy groups -OCH3 is 1. The maximum Gasteiger partial charge on any atom is 0.312 e. The van der Waals surface area contributed by atoms with E-state index in [1.807, 2.05) is 24.3 Å². The largest absolute Gasteiger partial charge is 0.496 e. The van der Waals surface area contributed by atoms with Gasteiger partial charge in [-0.05, 0) is 43.9 Å². The van der Waals surface area contributed by atoms with E-state index in [-0.39, 0.29) is 24.1 Å². The predicted molar refractivity (Wildman–Crippen MR) is 107 cm³/mol. The summed E-state index contributed by atoms with van der Waals surface area (Å²) in [5.41, 5.74) is 1.87. The Balaban J connectivity index is 1.68. The summed E-state index contributed by atoms with van der Waals surface area (Å²) in [5.74, 6) is 1.35. The van der Waals surface area contributed by atoms with Crippen molar-refractivity contribution in [1.29, 1.82) is 0 Å². The minimum Gasteiger partial charge on any atom is -0.496 e. The van der Waals surface area contributed by atoms with Gasteiger partial charge in [0.25, 0.3) is 0 Å². The number of rotatable bonds is 2. The van der Waals surface area contributed by atoms with Gasteiger partial charge in [-0.25, -0.2) is 0 Å². The number of hydrogen-bond donors (Lipinski definition) is 0. The highest BCUT2D eigenvalue weighted by atomic mass is 16.5. The molecule has 0 saturated heterocycles. The summed E-state index contributed by atoms with van der Waals surface area (Å²) in [6.07, 6.45) is 5.72. The van der Waals surface area contributed by atoms with Crippen molar-refractivity contribution >= 4 is 11.8 Å². The van der Waals surface area contributed by atoms with Gasteiger partial charge in [0.05, 0.1) is 25.5 Å². The number of carbonyl (C=O) groups is 2. The molecular weight excluding hydrogens is 368 g/mol. The van der Waals surface area contributed by atoms with Crippen LogP contribution in [0.5, 0.6) is 17.2 Å². The topological polar surface area (TPSA) is 61.8 Å². The van der Waals surface area contributed by atoms with Crippen LogP contribution in [-0.4, -0.2) is 24.5 Å². The quantitative estimate of drug-likeness (QED) is 0.542. The molecule has 0 amide bonds. The third-order valence-electron chi connectivity index (χ3n) is 6.48. The van der Waals surface area contributed by atoms with Crippen LogP contribution in [0.3, 0.4) is 0 Å². The van der Waals surface area contributed by atoms with E-state index >= 15 is 0 Å². The molecule has 5 heteroatoms. The van der Waals surface area contributed by atoms with E-state index in [1.165, 1.54) is 6.42 Å². The Morgan fingerprint density at radius 1 is 1.03 bits per heavy atom. The maximum atomic E-state index is 13.1. The third-order valence-corrected chi connectivity index (χ3v) is 6.48. The van der Waals surface area contributed by atoms with Gasteiger partial charge >= 0.3 is 5.97 Å². The Hall–Kier alpha value is -2.82. The highest BCUT2D eigenvalue weighted by Crippen LogP contribution is 2.52. The van der Waals surface area contributed by atoms with Gasteiger partial charge in [-0.15, -0.1) is 0 Å². The van der Waals surface area contributed by atoms with Crippen LogP contribution >= 0.6 is 0 Å². The average Bonchev–Trinajstić information content (AvgIpc) is 2.73. The lowest BCUT2D eigenvalue weighted by Crippen LogP contribution is -2.44. The highest BCUT2D eigenvalue weighted by molar-refractivity contribution is 6.01. The molecule has 1 atom stereocenters. The van der Waals surface area contributed by atoms with Gasteiger partial charge in [0.1, 0.15) is 22.8 Å². The van der Waals surface area contributed by atoms with Crippen molar-refractivity contribution in [3.8, 4) is 17.2 Å². The first kappa shape index (κ1) is 18.2. The van der Waals surface area contributed by atoms with Crippen molar-refractivity contribution in [3.05, 3.63) is 53.1 Å². The van der Waals surface area contributed by atoms with Crippen molar-refractivity contribution in [2.24, 2.45) is 0 Å². The molecule has 0 N–H and O–H groups in total. The Bertz CT molecular complexity index is 987. The second kappa shape index (κ2) is 6.90. The van der Waals surface area contributed by atoms with Crippen LogP contribution in [0.1, 0.15) is 72.3 Å². The fourth-order valence-corrected chi connectivity index (χ4v) is 5.10. The standard InChI is InChI=1S/C24H24O5/c1-27-19-8-4-3-7-15(19)17-13-21(26)28-20-10-9-16-18(25)14-24(11-5-2-6-12-24)29-23(16)22(17)20/h3-4,7-10,17H,2,5-6,11-14H2,1H3. The summed E-state index contributed by atoms with van der Waals surface area (Å²) in [6, 6.07) is 11.2.